The normalized spacial score (nSPS) is 25.0. The van der Waals surface area contributed by atoms with E-state index in [-0.39, 0.29) is 24.0 Å². The molecule has 6 heteroatoms. The first-order valence-corrected chi connectivity index (χ1v) is 8.35. The standard InChI is InChI=1S/C16H33N3O3/c1-4-15(3,12-21)10-18-14(17-5-2)19-11-16(6-8-20)7-9-22-13-16/h20-21H,4-13H2,1-3H3,(H2,17,18,19). The van der Waals surface area contributed by atoms with E-state index in [1.807, 2.05) is 13.8 Å². The van der Waals surface area contributed by atoms with Crippen LogP contribution in [0.5, 0.6) is 0 Å². The molecule has 2 unspecified atom stereocenters. The monoisotopic (exact) mass is 315 g/mol. The molecule has 1 aliphatic heterocycles. The van der Waals surface area contributed by atoms with Crippen LogP contribution in [0, 0.1) is 10.8 Å². The van der Waals surface area contributed by atoms with Crippen LogP contribution in [0.4, 0.5) is 0 Å². The molecular formula is C16H33N3O3. The van der Waals surface area contributed by atoms with Crippen molar-refractivity contribution >= 4 is 5.96 Å². The Morgan fingerprint density at radius 2 is 2.09 bits per heavy atom. The van der Waals surface area contributed by atoms with Gasteiger partial charge in [0.15, 0.2) is 5.96 Å². The van der Waals surface area contributed by atoms with E-state index in [0.29, 0.717) is 13.2 Å². The molecule has 0 aromatic heterocycles. The van der Waals surface area contributed by atoms with Gasteiger partial charge in [-0.2, -0.15) is 0 Å². The molecule has 0 aromatic carbocycles. The minimum absolute atomic E-state index is 0.00399. The van der Waals surface area contributed by atoms with Crippen LogP contribution in [0.15, 0.2) is 4.99 Å². The number of hydrogen-bond donors (Lipinski definition) is 4. The fourth-order valence-electron chi connectivity index (χ4n) is 2.47. The largest absolute Gasteiger partial charge is 0.396 e. The fraction of sp³-hybridized carbons (Fsp3) is 0.938. The molecule has 6 nitrogen and oxygen atoms in total. The van der Waals surface area contributed by atoms with Gasteiger partial charge in [0.2, 0.25) is 0 Å². The summed E-state index contributed by atoms with van der Waals surface area (Å²) in [4.78, 5) is 4.61. The summed E-state index contributed by atoms with van der Waals surface area (Å²) in [5, 5.41) is 25.4. The lowest BCUT2D eigenvalue weighted by molar-refractivity contribution is 0.127. The van der Waals surface area contributed by atoms with Crippen molar-refractivity contribution in [3.05, 3.63) is 0 Å². The molecule has 0 spiro atoms. The molecule has 0 amide bonds. The summed E-state index contributed by atoms with van der Waals surface area (Å²) in [6.45, 7) is 10.0. The highest BCUT2D eigenvalue weighted by molar-refractivity contribution is 5.79. The number of rotatable bonds is 9. The molecule has 1 fully saturated rings. The molecule has 1 heterocycles. The third kappa shape index (κ3) is 5.74. The number of ether oxygens (including phenoxy) is 1. The Hall–Kier alpha value is -0.850. The van der Waals surface area contributed by atoms with Crippen molar-refractivity contribution in [2.24, 2.45) is 15.8 Å². The molecule has 0 aliphatic carbocycles. The summed E-state index contributed by atoms with van der Waals surface area (Å²) >= 11 is 0. The lowest BCUT2D eigenvalue weighted by atomic mass is 9.84. The Labute approximate surface area is 134 Å². The number of guanidine groups is 1. The van der Waals surface area contributed by atoms with E-state index in [4.69, 9.17) is 4.74 Å². The maximum absolute atomic E-state index is 9.49. The van der Waals surface area contributed by atoms with Crippen LogP contribution < -0.4 is 10.6 Å². The number of aliphatic hydroxyl groups excluding tert-OH is 2. The van der Waals surface area contributed by atoms with Crippen LogP contribution in [-0.4, -0.2) is 62.2 Å². The van der Waals surface area contributed by atoms with Gasteiger partial charge in [0.05, 0.1) is 19.8 Å². The van der Waals surface area contributed by atoms with Gasteiger partial charge in [-0.25, -0.2) is 0 Å². The van der Waals surface area contributed by atoms with Crippen LogP contribution in [-0.2, 0) is 4.74 Å². The van der Waals surface area contributed by atoms with Crippen LogP contribution >= 0.6 is 0 Å². The molecule has 1 rings (SSSR count). The third-order valence-electron chi connectivity index (χ3n) is 4.66. The second-order valence-electron chi connectivity index (χ2n) is 6.65. The number of nitrogens with zero attached hydrogens (tertiary/aromatic N) is 1. The third-order valence-corrected chi connectivity index (χ3v) is 4.66. The Bertz CT molecular complexity index is 338. The Morgan fingerprint density at radius 3 is 2.59 bits per heavy atom. The van der Waals surface area contributed by atoms with Crippen molar-refractivity contribution < 1.29 is 14.9 Å². The lowest BCUT2D eigenvalue weighted by Gasteiger charge is -2.28. The van der Waals surface area contributed by atoms with Gasteiger partial charge < -0.3 is 25.6 Å². The van der Waals surface area contributed by atoms with E-state index in [1.54, 1.807) is 0 Å². The van der Waals surface area contributed by atoms with Crippen molar-refractivity contribution in [1.82, 2.24) is 10.6 Å². The van der Waals surface area contributed by atoms with E-state index in [0.717, 1.165) is 44.9 Å². The first-order valence-electron chi connectivity index (χ1n) is 8.35. The lowest BCUT2D eigenvalue weighted by Crippen LogP contribution is -2.45. The molecule has 1 aliphatic rings. The number of nitrogens with one attached hydrogen (secondary N) is 2. The summed E-state index contributed by atoms with van der Waals surface area (Å²) in [6, 6.07) is 0. The van der Waals surface area contributed by atoms with Crippen molar-refractivity contribution in [3.63, 3.8) is 0 Å². The van der Waals surface area contributed by atoms with E-state index >= 15 is 0 Å². The quantitative estimate of drug-likeness (QED) is 0.372. The first kappa shape index (κ1) is 19.2. The maximum Gasteiger partial charge on any atom is 0.191 e. The fourth-order valence-corrected chi connectivity index (χ4v) is 2.47. The second-order valence-corrected chi connectivity index (χ2v) is 6.65. The molecule has 22 heavy (non-hydrogen) atoms. The van der Waals surface area contributed by atoms with Crippen LogP contribution in [0.3, 0.4) is 0 Å². The van der Waals surface area contributed by atoms with Gasteiger partial charge in [-0.1, -0.05) is 13.8 Å². The Kier molecular flexibility index (Phi) is 8.14. The van der Waals surface area contributed by atoms with Crippen molar-refractivity contribution in [2.75, 3.05) is 46.1 Å². The molecule has 2 atom stereocenters. The molecule has 0 aromatic rings. The zero-order valence-corrected chi connectivity index (χ0v) is 14.3. The molecule has 0 saturated carbocycles. The summed E-state index contributed by atoms with van der Waals surface area (Å²) in [6.07, 6.45) is 2.58. The van der Waals surface area contributed by atoms with Gasteiger partial charge in [-0.15, -0.1) is 0 Å². The highest BCUT2D eigenvalue weighted by Crippen LogP contribution is 2.31. The van der Waals surface area contributed by atoms with Gasteiger partial charge in [0.25, 0.3) is 0 Å². The molecule has 4 N–H and O–H groups in total. The van der Waals surface area contributed by atoms with Gasteiger partial charge in [0, 0.05) is 37.1 Å². The number of hydrogen-bond acceptors (Lipinski definition) is 4. The smallest absolute Gasteiger partial charge is 0.191 e. The van der Waals surface area contributed by atoms with Crippen molar-refractivity contribution in [2.45, 2.75) is 40.0 Å². The summed E-state index contributed by atoms with van der Waals surface area (Å²) in [7, 11) is 0. The molecule has 0 bridgehead atoms. The summed E-state index contributed by atoms with van der Waals surface area (Å²) in [5.41, 5.74) is -0.183. The highest BCUT2D eigenvalue weighted by Gasteiger charge is 2.34. The summed E-state index contributed by atoms with van der Waals surface area (Å²) < 4.78 is 5.51. The number of aliphatic imine (C=N–C) groups is 1. The predicted molar refractivity (Wildman–Crippen MR) is 89.0 cm³/mol. The maximum atomic E-state index is 9.49. The Balaban J connectivity index is 2.63. The van der Waals surface area contributed by atoms with Gasteiger partial charge >= 0.3 is 0 Å². The van der Waals surface area contributed by atoms with Crippen LogP contribution in [0.25, 0.3) is 0 Å². The zero-order chi connectivity index (χ0) is 16.5. The van der Waals surface area contributed by atoms with Gasteiger partial charge in [0.1, 0.15) is 0 Å². The van der Waals surface area contributed by atoms with Gasteiger partial charge in [-0.05, 0) is 26.2 Å². The van der Waals surface area contributed by atoms with E-state index in [1.165, 1.54) is 0 Å². The van der Waals surface area contributed by atoms with Crippen molar-refractivity contribution in [1.29, 1.82) is 0 Å². The van der Waals surface area contributed by atoms with Crippen LogP contribution in [0.1, 0.15) is 40.0 Å². The Morgan fingerprint density at radius 1 is 1.32 bits per heavy atom. The predicted octanol–water partition coefficient (Wildman–Crippen LogP) is 0.739. The number of aliphatic hydroxyl groups is 2. The van der Waals surface area contributed by atoms with Crippen LogP contribution in [0.2, 0.25) is 0 Å². The van der Waals surface area contributed by atoms with E-state index in [9.17, 15) is 10.2 Å². The van der Waals surface area contributed by atoms with Crippen molar-refractivity contribution in [3.8, 4) is 0 Å². The minimum Gasteiger partial charge on any atom is -0.396 e. The average molecular weight is 315 g/mol. The molecule has 1 saturated heterocycles. The SMILES string of the molecule is CCNC(=NCC(C)(CC)CO)NCC1(CCO)CCOC1. The topological polar surface area (TPSA) is 86.1 Å². The van der Waals surface area contributed by atoms with E-state index in [2.05, 4.69) is 22.5 Å². The molecular weight excluding hydrogens is 282 g/mol. The van der Waals surface area contributed by atoms with E-state index < -0.39 is 0 Å². The molecule has 130 valence electrons. The zero-order valence-electron chi connectivity index (χ0n) is 14.3. The summed E-state index contributed by atoms with van der Waals surface area (Å²) in [5.74, 6) is 0.764. The van der Waals surface area contributed by atoms with Gasteiger partial charge in [-0.3, -0.25) is 4.99 Å². The molecule has 0 radical (unpaired) electrons. The highest BCUT2D eigenvalue weighted by atomic mass is 16.5. The minimum atomic E-state index is -0.179. The average Bonchev–Trinajstić information content (AvgIpc) is 2.99. The first-order chi connectivity index (χ1) is 10.5. The second kappa shape index (κ2) is 9.33.